The fraction of sp³-hybridized carbons (Fsp3) is 0. The van der Waals surface area contributed by atoms with Crippen molar-refractivity contribution in [1.82, 2.24) is 5.48 Å². The van der Waals surface area contributed by atoms with E-state index in [1.807, 2.05) is 0 Å². The predicted molar refractivity (Wildman–Crippen MR) is 165 cm³/mol. The number of fused-ring (bicyclic) bond motifs is 3. The van der Waals surface area contributed by atoms with Crippen LogP contribution in [0.15, 0.2) is 131 Å². The minimum atomic E-state index is 0.758. The van der Waals surface area contributed by atoms with Crippen LogP contribution in [-0.2, 0) is 4.94 Å². The van der Waals surface area contributed by atoms with Gasteiger partial charge in [-0.25, -0.2) is 0 Å². The first-order valence-electron chi connectivity index (χ1n) is 12.7. The van der Waals surface area contributed by atoms with Gasteiger partial charge in [-0.2, -0.15) is 5.48 Å². The quantitative estimate of drug-likeness (QED) is 0.243. The summed E-state index contributed by atoms with van der Waals surface area (Å²) in [5, 5.41) is 14.8. The van der Waals surface area contributed by atoms with E-state index >= 15 is 0 Å². The number of rotatable bonds is 4. The Balaban J connectivity index is 1.23. The molecule has 6 heteroatoms. The van der Waals surface area contributed by atoms with Crippen LogP contribution >= 0.6 is 22.7 Å². The summed E-state index contributed by atoms with van der Waals surface area (Å²) in [6.45, 7) is 0. The molecule has 0 amide bonds. The van der Waals surface area contributed by atoms with Crippen molar-refractivity contribution in [3.05, 3.63) is 131 Å². The molecule has 0 spiro atoms. The highest BCUT2D eigenvalue weighted by Gasteiger charge is 2.32. The maximum absolute atomic E-state index is 5.49. The van der Waals surface area contributed by atoms with Crippen molar-refractivity contribution in [2.75, 3.05) is 4.90 Å². The predicted octanol–water partition coefficient (Wildman–Crippen LogP) is 9.04. The average Bonchev–Trinajstić information content (AvgIpc) is 3.77. The highest BCUT2D eigenvalue weighted by molar-refractivity contribution is 7.15. The van der Waals surface area contributed by atoms with Crippen LogP contribution in [-0.4, -0.2) is 5.84 Å². The lowest BCUT2D eigenvalue weighted by molar-refractivity contribution is 0.0909. The summed E-state index contributed by atoms with van der Waals surface area (Å²) in [5.41, 5.74) is 9.84. The minimum absolute atomic E-state index is 0.758. The van der Waals surface area contributed by atoms with Crippen molar-refractivity contribution in [2.24, 2.45) is 5.16 Å². The second-order valence-corrected chi connectivity index (χ2v) is 11.2. The average molecular weight is 540 g/mol. The maximum atomic E-state index is 5.49. The largest absolute Gasteiger partial charge is 0.288 e. The van der Waals surface area contributed by atoms with Gasteiger partial charge < -0.3 is 0 Å². The lowest BCUT2D eigenvalue weighted by atomic mass is 9.95. The van der Waals surface area contributed by atoms with E-state index < -0.39 is 0 Å². The van der Waals surface area contributed by atoms with E-state index in [1.165, 1.54) is 48.7 Å². The monoisotopic (exact) mass is 539 g/mol. The van der Waals surface area contributed by atoms with Gasteiger partial charge in [0, 0.05) is 27.8 Å². The zero-order valence-electron chi connectivity index (χ0n) is 20.7. The highest BCUT2D eigenvalue weighted by Crippen LogP contribution is 2.44. The summed E-state index contributed by atoms with van der Waals surface area (Å²) in [7, 11) is 0. The Kier molecular flexibility index (Phi) is 5.14. The van der Waals surface area contributed by atoms with E-state index in [9.17, 15) is 0 Å². The molecule has 186 valence electrons. The van der Waals surface area contributed by atoms with Crippen molar-refractivity contribution >= 4 is 60.6 Å². The van der Waals surface area contributed by atoms with Gasteiger partial charge in [0.05, 0.1) is 0 Å². The summed E-state index contributed by atoms with van der Waals surface area (Å²) < 4.78 is 0. The number of benzene rings is 4. The van der Waals surface area contributed by atoms with Gasteiger partial charge in [0.2, 0.25) is 5.84 Å². The highest BCUT2D eigenvalue weighted by atomic mass is 32.1. The van der Waals surface area contributed by atoms with Gasteiger partial charge in [-0.05, 0) is 66.8 Å². The molecule has 6 aromatic rings. The number of oxime groups is 1. The van der Waals surface area contributed by atoms with Crippen LogP contribution in [0.3, 0.4) is 0 Å². The second-order valence-electron chi connectivity index (χ2n) is 9.44. The van der Waals surface area contributed by atoms with Crippen molar-refractivity contribution in [2.45, 2.75) is 0 Å². The molecule has 0 radical (unpaired) electrons. The van der Waals surface area contributed by atoms with Gasteiger partial charge in [-0.3, -0.25) is 9.84 Å². The van der Waals surface area contributed by atoms with Gasteiger partial charge in [-0.1, -0.05) is 84.9 Å². The normalized spacial score (nSPS) is 14.5. The molecular weight excluding hydrogens is 519 g/mol. The second kappa shape index (κ2) is 8.98. The molecule has 0 bridgehead atoms. The molecule has 0 aliphatic carbocycles. The Bertz CT molecular complexity index is 1980. The summed E-state index contributed by atoms with van der Waals surface area (Å²) in [5.74, 6) is 0.758. The van der Waals surface area contributed by atoms with Crippen molar-refractivity contribution in [3.63, 3.8) is 0 Å². The Morgan fingerprint density at radius 1 is 0.641 bits per heavy atom. The van der Waals surface area contributed by atoms with Crippen LogP contribution < -0.4 is 10.4 Å². The Labute approximate surface area is 233 Å². The number of anilines is 1. The van der Waals surface area contributed by atoms with Gasteiger partial charge in [0.15, 0.2) is 0 Å². The van der Waals surface area contributed by atoms with Crippen molar-refractivity contribution in [1.29, 1.82) is 0 Å². The van der Waals surface area contributed by atoms with E-state index in [1.54, 1.807) is 22.7 Å². The summed E-state index contributed by atoms with van der Waals surface area (Å²) in [6.07, 6.45) is 4.28. The van der Waals surface area contributed by atoms with E-state index in [0.29, 0.717) is 0 Å². The maximum Gasteiger partial charge on any atom is 0.207 e. The van der Waals surface area contributed by atoms with E-state index in [0.717, 1.165) is 22.1 Å². The third kappa shape index (κ3) is 3.53. The number of hydroxylamine groups is 1. The van der Waals surface area contributed by atoms with Crippen LogP contribution in [0.1, 0.15) is 4.88 Å². The Hall–Kier alpha value is -4.65. The van der Waals surface area contributed by atoms with Crippen LogP contribution in [0.4, 0.5) is 5.00 Å². The molecule has 2 aromatic heterocycles. The van der Waals surface area contributed by atoms with E-state index in [4.69, 9.17) is 4.94 Å². The first kappa shape index (κ1) is 22.3. The number of thiophene rings is 2. The van der Waals surface area contributed by atoms with Gasteiger partial charge in [0.1, 0.15) is 10.7 Å². The first-order chi connectivity index (χ1) is 19.4. The number of nitrogens with one attached hydrogen (secondary N) is 1. The van der Waals surface area contributed by atoms with Crippen molar-refractivity contribution < 1.29 is 4.94 Å². The van der Waals surface area contributed by atoms with Crippen molar-refractivity contribution in [3.8, 4) is 22.3 Å². The molecule has 0 saturated carbocycles. The molecular formula is C33H21N3OS2. The van der Waals surface area contributed by atoms with Crippen LogP contribution in [0.5, 0.6) is 0 Å². The van der Waals surface area contributed by atoms with Gasteiger partial charge in [0.25, 0.3) is 0 Å². The zero-order chi connectivity index (χ0) is 25.8. The molecule has 2 aliphatic heterocycles. The number of allylic oxidation sites excluding steroid dienone is 2. The third-order valence-corrected chi connectivity index (χ3v) is 9.18. The Morgan fingerprint density at radius 2 is 1.28 bits per heavy atom. The number of hydrogen-bond acceptors (Lipinski definition) is 6. The third-order valence-electron chi connectivity index (χ3n) is 7.32. The molecule has 2 aliphatic rings. The fourth-order valence-corrected chi connectivity index (χ4v) is 7.38. The number of amidine groups is 1. The summed E-state index contributed by atoms with van der Waals surface area (Å²) in [4.78, 5) is 8.80. The fourth-order valence-electron chi connectivity index (χ4n) is 5.54. The van der Waals surface area contributed by atoms with Crippen LogP contribution in [0.2, 0.25) is 0 Å². The Morgan fingerprint density at radius 3 is 2.05 bits per heavy atom. The standard InChI is InChI=1S/C33H21N3OS2/c1-3-11-23-21(7-1)9-5-13-25(23)27-16-19-38-31(27)29-15-18-36(32-30(29)34-37-35-32)33-28(17-20-39-33)26-14-6-10-22-8-2-4-12-24(22)26/h1-20,34H. The summed E-state index contributed by atoms with van der Waals surface area (Å²) in [6, 6.07) is 34.4. The zero-order valence-corrected chi connectivity index (χ0v) is 22.3. The molecule has 4 aromatic carbocycles. The molecule has 39 heavy (non-hydrogen) atoms. The SMILES string of the molecule is C1=CN(c2sccc2-c2cccc3ccccc23)C2=NONC2=C1c1sccc1-c1cccc2ccccc12. The van der Waals surface area contributed by atoms with Crippen LogP contribution in [0, 0.1) is 0 Å². The lowest BCUT2D eigenvalue weighted by Crippen LogP contribution is -2.30. The molecule has 8 rings (SSSR count). The molecule has 4 heterocycles. The minimum Gasteiger partial charge on any atom is -0.288 e. The number of hydrogen-bond donors (Lipinski definition) is 1. The molecule has 0 unspecified atom stereocenters. The van der Waals surface area contributed by atoms with Gasteiger partial charge in [-0.15, -0.1) is 22.7 Å². The van der Waals surface area contributed by atoms with Gasteiger partial charge >= 0.3 is 0 Å². The molecule has 0 saturated heterocycles. The smallest absolute Gasteiger partial charge is 0.207 e. The van der Waals surface area contributed by atoms with E-state index in [-0.39, 0.29) is 0 Å². The number of nitrogens with zero attached hydrogens (tertiary/aromatic N) is 2. The summed E-state index contributed by atoms with van der Waals surface area (Å²) >= 11 is 3.43. The molecule has 4 nitrogen and oxygen atoms in total. The van der Waals surface area contributed by atoms with Crippen LogP contribution in [0.25, 0.3) is 49.4 Å². The topological polar surface area (TPSA) is 36.9 Å². The molecule has 0 fully saturated rings. The lowest BCUT2D eigenvalue weighted by Gasteiger charge is -2.24. The first-order valence-corrected chi connectivity index (χ1v) is 14.5. The van der Waals surface area contributed by atoms with E-state index in [2.05, 4.69) is 136 Å². The molecule has 1 N–H and O–H groups in total. The molecule has 0 atom stereocenters.